The summed E-state index contributed by atoms with van der Waals surface area (Å²) in [7, 11) is 0. The molecule has 1 aromatic heterocycles. The van der Waals surface area contributed by atoms with Crippen molar-refractivity contribution in [1.82, 2.24) is 19.9 Å². The van der Waals surface area contributed by atoms with Crippen LogP contribution in [0.4, 0.5) is 4.79 Å². The summed E-state index contributed by atoms with van der Waals surface area (Å²) < 4.78 is 5.13. The zero-order chi connectivity index (χ0) is 18.1. The number of carbonyl (C=O) groups is 3. The number of nitrogens with zero attached hydrogens (tertiary/aromatic N) is 4. The van der Waals surface area contributed by atoms with Crippen molar-refractivity contribution in [3.05, 3.63) is 35.7 Å². The Morgan fingerprint density at radius 2 is 1.76 bits per heavy atom. The summed E-state index contributed by atoms with van der Waals surface area (Å²) >= 11 is 0. The first-order valence-corrected chi connectivity index (χ1v) is 8.03. The van der Waals surface area contributed by atoms with Crippen LogP contribution in [-0.2, 0) is 22.6 Å². The number of aromatic nitrogens is 2. The quantitative estimate of drug-likeness (QED) is 0.609. The lowest BCUT2D eigenvalue weighted by Crippen LogP contribution is -2.37. The summed E-state index contributed by atoms with van der Waals surface area (Å²) in [5.74, 6) is -1.26. The molecule has 2 aromatic rings. The summed E-state index contributed by atoms with van der Waals surface area (Å²) in [4.78, 5) is 42.1. The molecule has 0 N–H and O–H groups in total. The van der Waals surface area contributed by atoms with Gasteiger partial charge in [-0.1, -0.05) is 36.3 Å². The maximum absolute atomic E-state index is 12.2. The first-order valence-electron chi connectivity index (χ1n) is 8.03. The van der Waals surface area contributed by atoms with Crippen LogP contribution in [0.25, 0.3) is 11.4 Å². The predicted octanol–water partition coefficient (Wildman–Crippen LogP) is 2.00. The minimum atomic E-state index is -0.884. The number of rotatable bonds is 5. The third-order valence-electron chi connectivity index (χ3n) is 3.98. The third-order valence-corrected chi connectivity index (χ3v) is 3.98. The Bertz CT molecular complexity index is 825. The highest BCUT2D eigenvalue weighted by atomic mass is 16.5. The summed E-state index contributed by atoms with van der Waals surface area (Å²) in [5, 5.41) is 3.87. The molecule has 0 radical (unpaired) electrons. The number of amides is 4. The van der Waals surface area contributed by atoms with E-state index in [9.17, 15) is 14.4 Å². The zero-order valence-corrected chi connectivity index (χ0v) is 14.2. The second-order valence-electron chi connectivity index (χ2n) is 6.00. The SMILES string of the molecule is CCc1ccc(-c2noc(CN3C(=O)C(=O)N(C(C)C)C3=O)n2)cc1. The third kappa shape index (κ3) is 3.02. The van der Waals surface area contributed by atoms with Gasteiger partial charge < -0.3 is 4.52 Å². The van der Waals surface area contributed by atoms with Crippen molar-refractivity contribution < 1.29 is 18.9 Å². The lowest BCUT2D eigenvalue weighted by molar-refractivity contribution is -0.144. The van der Waals surface area contributed by atoms with E-state index in [2.05, 4.69) is 17.1 Å². The van der Waals surface area contributed by atoms with E-state index >= 15 is 0 Å². The highest BCUT2D eigenvalue weighted by Gasteiger charge is 2.46. The molecule has 1 aliphatic rings. The summed E-state index contributed by atoms with van der Waals surface area (Å²) in [6.07, 6.45) is 0.928. The number of imide groups is 2. The van der Waals surface area contributed by atoms with Crippen LogP contribution in [0.1, 0.15) is 32.2 Å². The van der Waals surface area contributed by atoms with E-state index in [1.807, 2.05) is 24.3 Å². The predicted molar refractivity (Wildman–Crippen MR) is 87.0 cm³/mol. The minimum Gasteiger partial charge on any atom is -0.337 e. The molecule has 1 aromatic carbocycles. The van der Waals surface area contributed by atoms with E-state index in [1.54, 1.807) is 13.8 Å². The number of hydrogen-bond donors (Lipinski definition) is 0. The lowest BCUT2D eigenvalue weighted by Gasteiger charge is -2.17. The molecule has 1 saturated heterocycles. The highest BCUT2D eigenvalue weighted by molar-refractivity contribution is 6.44. The number of hydrogen-bond acceptors (Lipinski definition) is 6. The van der Waals surface area contributed by atoms with Crippen LogP contribution in [0.5, 0.6) is 0 Å². The van der Waals surface area contributed by atoms with E-state index in [4.69, 9.17) is 4.52 Å². The van der Waals surface area contributed by atoms with Crippen molar-refractivity contribution >= 4 is 17.8 Å². The monoisotopic (exact) mass is 342 g/mol. The molecule has 3 rings (SSSR count). The molecule has 0 spiro atoms. The molecular weight excluding hydrogens is 324 g/mol. The molecule has 0 unspecified atom stereocenters. The average molecular weight is 342 g/mol. The van der Waals surface area contributed by atoms with Crippen LogP contribution in [0, 0.1) is 0 Å². The fourth-order valence-electron chi connectivity index (χ4n) is 2.58. The van der Waals surface area contributed by atoms with Gasteiger partial charge in [0.05, 0.1) is 0 Å². The van der Waals surface area contributed by atoms with Crippen LogP contribution < -0.4 is 0 Å². The second kappa shape index (κ2) is 6.46. The molecule has 0 saturated carbocycles. The Hall–Kier alpha value is -3.03. The fraction of sp³-hybridized carbons (Fsp3) is 0.353. The Kier molecular flexibility index (Phi) is 4.35. The molecule has 2 heterocycles. The maximum atomic E-state index is 12.2. The van der Waals surface area contributed by atoms with Crippen molar-refractivity contribution in [2.75, 3.05) is 0 Å². The Morgan fingerprint density at radius 1 is 1.08 bits per heavy atom. The molecule has 0 aliphatic carbocycles. The van der Waals surface area contributed by atoms with Gasteiger partial charge in [-0.3, -0.25) is 14.5 Å². The molecule has 1 aliphatic heterocycles. The molecule has 0 bridgehead atoms. The first-order chi connectivity index (χ1) is 11.9. The fourth-order valence-corrected chi connectivity index (χ4v) is 2.58. The molecule has 25 heavy (non-hydrogen) atoms. The van der Waals surface area contributed by atoms with Gasteiger partial charge in [0, 0.05) is 11.6 Å². The van der Waals surface area contributed by atoms with Crippen LogP contribution in [-0.4, -0.2) is 43.8 Å². The lowest BCUT2D eigenvalue weighted by atomic mass is 10.1. The van der Waals surface area contributed by atoms with Crippen molar-refractivity contribution in [2.24, 2.45) is 0 Å². The van der Waals surface area contributed by atoms with Crippen molar-refractivity contribution in [3.63, 3.8) is 0 Å². The minimum absolute atomic E-state index is 0.0923. The van der Waals surface area contributed by atoms with Crippen LogP contribution in [0.2, 0.25) is 0 Å². The van der Waals surface area contributed by atoms with Gasteiger partial charge in [-0.05, 0) is 25.8 Å². The van der Waals surface area contributed by atoms with Crippen molar-refractivity contribution in [3.8, 4) is 11.4 Å². The van der Waals surface area contributed by atoms with E-state index in [1.165, 1.54) is 5.56 Å². The molecule has 8 heteroatoms. The molecule has 1 fully saturated rings. The summed E-state index contributed by atoms with van der Waals surface area (Å²) in [5.41, 5.74) is 1.96. The number of urea groups is 1. The molecule has 130 valence electrons. The average Bonchev–Trinajstić information content (AvgIpc) is 3.14. The van der Waals surface area contributed by atoms with Gasteiger partial charge >= 0.3 is 17.8 Å². The normalized spacial score (nSPS) is 15.0. The van der Waals surface area contributed by atoms with Gasteiger partial charge in [0.25, 0.3) is 0 Å². The number of carbonyl (C=O) groups excluding carboxylic acids is 3. The molecule has 8 nitrogen and oxygen atoms in total. The second-order valence-corrected chi connectivity index (χ2v) is 6.00. The van der Waals surface area contributed by atoms with Gasteiger partial charge in [-0.2, -0.15) is 4.98 Å². The Labute approximate surface area is 144 Å². The van der Waals surface area contributed by atoms with Gasteiger partial charge in [-0.25, -0.2) is 9.69 Å². The van der Waals surface area contributed by atoms with E-state index in [-0.39, 0.29) is 12.4 Å². The van der Waals surface area contributed by atoms with Gasteiger partial charge in [0.1, 0.15) is 6.54 Å². The molecule has 0 atom stereocenters. The number of aryl methyl sites for hydroxylation is 1. The van der Waals surface area contributed by atoms with Crippen molar-refractivity contribution in [1.29, 1.82) is 0 Å². The standard InChI is InChI=1S/C17H18N4O4/c1-4-11-5-7-12(8-6-11)14-18-13(25-19-14)9-20-15(22)16(23)21(10(2)3)17(20)24/h5-8,10H,4,9H2,1-3H3. The summed E-state index contributed by atoms with van der Waals surface area (Å²) in [6, 6.07) is 6.63. The van der Waals surface area contributed by atoms with Crippen LogP contribution >= 0.6 is 0 Å². The first kappa shape index (κ1) is 16.8. The van der Waals surface area contributed by atoms with E-state index in [0.717, 1.165) is 21.8 Å². The van der Waals surface area contributed by atoms with Gasteiger partial charge in [0.15, 0.2) is 0 Å². The molecular formula is C17H18N4O4. The van der Waals surface area contributed by atoms with Crippen LogP contribution in [0.3, 0.4) is 0 Å². The smallest absolute Gasteiger partial charge is 0.334 e. The van der Waals surface area contributed by atoms with Crippen molar-refractivity contribution in [2.45, 2.75) is 39.8 Å². The van der Waals surface area contributed by atoms with E-state index < -0.39 is 23.9 Å². The summed E-state index contributed by atoms with van der Waals surface area (Å²) in [6.45, 7) is 5.16. The van der Waals surface area contributed by atoms with Gasteiger partial charge in [-0.15, -0.1) is 0 Å². The zero-order valence-electron chi connectivity index (χ0n) is 14.2. The van der Waals surface area contributed by atoms with Crippen LogP contribution in [0.15, 0.2) is 28.8 Å². The maximum Gasteiger partial charge on any atom is 0.334 e. The number of benzene rings is 1. The highest BCUT2D eigenvalue weighted by Crippen LogP contribution is 2.20. The largest absolute Gasteiger partial charge is 0.337 e. The molecule has 4 amide bonds. The Morgan fingerprint density at radius 3 is 2.32 bits per heavy atom. The Balaban J connectivity index is 1.78. The van der Waals surface area contributed by atoms with Gasteiger partial charge in [0.2, 0.25) is 11.7 Å². The van der Waals surface area contributed by atoms with E-state index in [0.29, 0.717) is 5.82 Å². The topological polar surface area (TPSA) is 96.6 Å².